The van der Waals surface area contributed by atoms with Crippen molar-refractivity contribution < 1.29 is 0 Å². The quantitative estimate of drug-likeness (QED) is 0.740. The lowest BCUT2D eigenvalue weighted by atomic mass is 9.66. The van der Waals surface area contributed by atoms with E-state index in [4.69, 9.17) is 0 Å². The summed E-state index contributed by atoms with van der Waals surface area (Å²) in [6.07, 6.45) is 9.92. The Labute approximate surface area is 133 Å². The molecule has 2 heterocycles. The van der Waals surface area contributed by atoms with Gasteiger partial charge in [-0.2, -0.15) is 0 Å². The zero-order valence-electron chi connectivity index (χ0n) is 13.2. The smallest absolute Gasteiger partial charge is 0.327 e. The second-order valence-corrected chi connectivity index (χ2v) is 6.48. The Morgan fingerprint density at radius 2 is 2.04 bits per heavy atom. The number of fused-ring (bicyclic) bond motifs is 1. The van der Waals surface area contributed by atoms with Crippen LogP contribution in [0.1, 0.15) is 44.3 Å². The average Bonchev–Trinajstić information content (AvgIpc) is 2.93. The van der Waals surface area contributed by atoms with Crippen LogP contribution >= 0.6 is 0 Å². The van der Waals surface area contributed by atoms with Crippen molar-refractivity contribution in [3.63, 3.8) is 0 Å². The summed E-state index contributed by atoms with van der Waals surface area (Å²) < 4.78 is 0. The molecule has 1 aliphatic rings. The van der Waals surface area contributed by atoms with E-state index in [9.17, 15) is 9.59 Å². The van der Waals surface area contributed by atoms with Crippen LogP contribution in [0.5, 0.6) is 0 Å². The Hall–Kier alpha value is -2.37. The molecule has 0 saturated heterocycles. The fourth-order valence-corrected chi connectivity index (χ4v) is 3.88. The molecule has 3 rings (SSSR count). The largest absolute Gasteiger partial charge is 0.336 e. The summed E-state index contributed by atoms with van der Waals surface area (Å²) in [5.41, 5.74) is -0.478. The maximum Gasteiger partial charge on any atom is 0.327 e. The molecule has 2 unspecified atom stereocenters. The van der Waals surface area contributed by atoms with E-state index in [0.717, 1.165) is 37.9 Å². The standard InChI is InChI=1S/C17H22N4O2/c1-3-6-11-7-5-9-17(10-11,8-4-2)15-18-12-13(19-15)20-16(23)21-14(12)22/h3-4,11H,1-2,5-10H2,(H3,18,19,20,21,22,23). The number of allylic oxidation sites excluding steroid dienone is 2. The van der Waals surface area contributed by atoms with E-state index in [1.807, 2.05) is 12.2 Å². The van der Waals surface area contributed by atoms with E-state index in [2.05, 4.69) is 33.1 Å². The molecule has 0 amide bonds. The topological polar surface area (TPSA) is 94.4 Å². The summed E-state index contributed by atoms with van der Waals surface area (Å²) in [5, 5.41) is 0. The number of hydrogen-bond acceptors (Lipinski definition) is 3. The second-order valence-electron chi connectivity index (χ2n) is 6.48. The minimum absolute atomic E-state index is 0.157. The Bertz CT molecular complexity index is 844. The SMILES string of the molecule is C=CCC1CCCC(CC=C)(c2nc3[nH]c(=O)[nH]c(=O)c3[nH]2)C1. The van der Waals surface area contributed by atoms with E-state index in [1.54, 1.807) is 0 Å². The molecule has 23 heavy (non-hydrogen) atoms. The highest BCUT2D eigenvalue weighted by Crippen LogP contribution is 2.44. The van der Waals surface area contributed by atoms with Crippen LogP contribution < -0.4 is 11.2 Å². The van der Waals surface area contributed by atoms with Gasteiger partial charge in [-0.3, -0.25) is 14.8 Å². The zero-order chi connectivity index (χ0) is 16.4. The Morgan fingerprint density at radius 1 is 1.22 bits per heavy atom. The van der Waals surface area contributed by atoms with E-state index in [0.29, 0.717) is 17.1 Å². The van der Waals surface area contributed by atoms with Crippen molar-refractivity contribution >= 4 is 11.2 Å². The highest BCUT2D eigenvalue weighted by molar-refractivity contribution is 5.69. The van der Waals surface area contributed by atoms with Gasteiger partial charge in [0.1, 0.15) is 11.3 Å². The van der Waals surface area contributed by atoms with Gasteiger partial charge in [0.25, 0.3) is 5.56 Å². The number of nitrogens with zero attached hydrogens (tertiary/aromatic N) is 1. The molecule has 2 aromatic heterocycles. The molecule has 6 nitrogen and oxygen atoms in total. The van der Waals surface area contributed by atoms with Crippen molar-refractivity contribution in [3.05, 3.63) is 52.0 Å². The summed E-state index contributed by atoms with van der Waals surface area (Å²) in [7, 11) is 0. The van der Waals surface area contributed by atoms with Crippen LogP contribution in [0, 0.1) is 5.92 Å². The third-order valence-electron chi connectivity index (χ3n) is 4.87. The van der Waals surface area contributed by atoms with Crippen LogP contribution in [0.15, 0.2) is 34.9 Å². The van der Waals surface area contributed by atoms with E-state index >= 15 is 0 Å². The van der Waals surface area contributed by atoms with Gasteiger partial charge in [0.15, 0.2) is 5.65 Å². The number of imidazole rings is 1. The highest BCUT2D eigenvalue weighted by atomic mass is 16.2. The van der Waals surface area contributed by atoms with Crippen molar-refractivity contribution in [1.82, 2.24) is 19.9 Å². The monoisotopic (exact) mass is 314 g/mol. The summed E-state index contributed by atoms with van der Waals surface area (Å²) in [5.74, 6) is 1.33. The molecule has 6 heteroatoms. The molecule has 0 aliphatic heterocycles. The number of nitrogens with one attached hydrogen (secondary N) is 3. The molecular weight excluding hydrogens is 292 g/mol. The Balaban J connectivity index is 2.09. The van der Waals surface area contributed by atoms with E-state index < -0.39 is 11.2 Å². The minimum Gasteiger partial charge on any atom is -0.336 e. The molecule has 2 aromatic rings. The molecule has 0 radical (unpaired) electrons. The molecule has 122 valence electrons. The molecule has 0 bridgehead atoms. The molecule has 2 atom stereocenters. The van der Waals surface area contributed by atoms with Crippen LogP contribution in [0.4, 0.5) is 0 Å². The lowest BCUT2D eigenvalue weighted by Gasteiger charge is -2.39. The minimum atomic E-state index is -0.536. The van der Waals surface area contributed by atoms with Crippen LogP contribution in [0.2, 0.25) is 0 Å². The van der Waals surface area contributed by atoms with Crippen molar-refractivity contribution in [2.75, 3.05) is 0 Å². The van der Waals surface area contributed by atoms with Gasteiger partial charge in [-0.15, -0.1) is 13.2 Å². The van der Waals surface area contributed by atoms with Gasteiger partial charge in [0.05, 0.1) is 0 Å². The summed E-state index contributed by atoms with van der Waals surface area (Å²) >= 11 is 0. The zero-order valence-corrected chi connectivity index (χ0v) is 13.2. The van der Waals surface area contributed by atoms with Gasteiger partial charge in [0.2, 0.25) is 0 Å². The first-order valence-corrected chi connectivity index (χ1v) is 8.02. The third-order valence-corrected chi connectivity index (χ3v) is 4.87. The van der Waals surface area contributed by atoms with E-state index in [1.165, 1.54) is 6.42 Å². The molecule has 1 aliphatic carbocycles. The van der Waals surface area contributed by atoms with Crippen molar-refractivity contribution in [3.8, 4) is 0 Å². The predicted octanol–water partition coefficient (Wildman–Crippen LogP) is 2.52. The van der Waals surface area contributed by atoms with Gasteiger partial charge in [-0.1, -0.05) is 25.0 Å². The predicted molar refractivity (Wildman–Crippen MR) is 90.6 cm³/mol. The maximum atomic E-state index is 11.9. The molecule has 0 aromatic carbocycles. The lowest BCUT2D eigenvalue weighted by Crippen LogP contribution is -2.33. The molecule has 1 saturated carbocycles. The fourth-order valence-electron chi connectivity index (χ4n) is 3.88. The van der Waals surface area contributed by atoms with Crippen molar-refractivity contribution in [1.29, 1.82) is 0 Å². The number of aromatic amines is 3. The lowest BCUT2D eigenvalue weighted by molar-refractivity contribution is 0.214. The van der Waals surface area contributed by atoms with Crippen LogP contribution in [-0.4, -0.2) is 19.9 Å². The first-order valence-electron chi connectivity index (χ1n) is 8.02. The third kappa shape index (κ3) is 2.81. The van der Waals surface area contributed by atoms with Gasteiger partial charge >= 0.3 is 5.69 Å². The van der Waals surface area contributed by atoms with Crippen LogP contribution in [-0.2, 0) is 5.41 Å². The number of rotatable bonds is 5. The van der Waals surface area contributed by atoms with Crippen LogP contribution in [0.3, 0.4) is 0 Å². The number of aromatic nitrogens is 4. The first-order chi connectivity index (χ1) is 11.1. The van der Waals surface area contributed by atoms with Gasteiger partial charge in [-0.25, -0.2) is 9.78 Å². The highest BCUT2D eigenvalue weighted by Gasteiger charge is 2.39. The normalized spacial score (nSPS) is 24.6. The Kier molecular flexibility index (Phi) is 4.07. The fraction of sp³-hybridized carbons (Fsp3) is 0.471. The number of H-pyrrole nitrogens is 3. The van der Waals surface area contributed by atoms with Crippen LogP contribution in [0.25, 0.3) is 11.2 Å². The molecule has 3 N–H and O–H groups in total. The van der Waals surface area contributed by atoms with Gasteiger partial charge in [-0.05, 0) is 31.6 Å². The van der Waals surface area contributed by atoms with Gasteiger partial charge in [0, 0.05) is 5.41 Å². The summed E-state index contributed by atoms with van der Waals surface area (Å²) in [4.78, 5) is 35.9. The number of hydrogen-bond donors (Lipinski definition) is 3. The first kappa shape index (κ1) is 15.5. The maximum absolute atomic E-state index is 11.9. The summed E-state index contributed by atoms with van der Waals surface area (Å²) in [6, 6.07) is 0. The second kappa shape index (κ2) is 6.02. The molecule has 1 fully saturated rings. The van der Waals surface area contributed by atoms with Crippen molar-refractivity contribution in [2.24, 2.45) is 5.92 Å². The van der Waals surface area contributed by atoms with Gasteiger partial charge < -0.3 is 4.98 Å². The molecule has 0 spiro atoms. The molecular formula is C17H22N4O2. The Morgan fingerprint density at radius 3 is 2.78 bits per heavy atom. The van der Waals surface area contributed by atoms with E-state index in [-0.39, 0.29) is 5.41 Å². The average molecular weight is 314 g/mol. The summed E-state index contributed by atoms with van der Waals surface area (Å²) in [6.45, 7) is 7.74. The van der Waals surface area contributed by atoms with Crippen molar-refractivity contribution in [2.45, 2.75) is 43.9 Å².